The molecule has 28 heavy (non-hydrogen) atoms. The molecule has 2 aromatic carbocycles. The minimum absolute atomic E-state index is 0.0146. The van der Waals surface area contributed by atoms with Gasteiger partial charge in [-0.3, -0.25) is 0 Å². The number of piperidine rings is 1. The molecule has 7 heteroatoms. The van der Waals surface area contributed by atoms with Crippen molar-refractivity contribution in [3.8, 4) is 11.4 Å². The molecule has 3 aromatic rings. The predicted molar refractivity (Wildman–Crippen MR) is 103 cm³/mol. The predicted octanol–water partition coefficient (Wildman–Crippen LogP) is 4.60. The van der Waals surface area contributed by atoms with Gasteiger partial charge in [0, 0.05) is 24.3 Å². The number of hydrogen-bond acceptors (Lipinski definition) is 4. The van der Waals surface area contributed by atoms with Crippen LogP contribution in [0.3, 0.4) is 0 Å². The van der Waals surface area contributed by atoms with E-state index in [0.29, 0.717) is 30.4 Å². The molecule has 0 radical (unpaired) electrons. The van der Waals surface area contributed by atoms with Gasteiger partial charge in [-0.15, -0.1) is 0 Å². The van der Waals surface area contributed by atoms with Gasteiger partial charge >= 0.3 is 6.03 Å². The molecule has 1 aliphatic heterocycles. The first-order valence-electron chi connectivity index (χ1n) is 9.30. The van der Waals surface area contributed by atoms with Crippen LogP contribution in [-0.2, 0) is 0 Å². The van der Waals surface area contributed by atoms with Gasteiger partial charge in [-0.2, -0.15) is 4.98 Å². The first-order valence-corrected chi connectivity index (χ1v) is 9.30. The van der Waals surface area contributed by atoms with Crippen molar-refractivity contribution < 1.29 is 13.7 Å². The largest absolute Gasteiger partial charge is 0.339 e. The standard InChI is InChI=1S/C21H21FN4O2/c1-14-4-10-18(11-5-14)23-21(27)26-12-2-3-16(13-26)20-24-19(25-28-20)15-6-8-17(22)9-7-15/h4-11,16H,2-3,12-13H2,1H3,(H,23,27)/t16-/m1/s1. The summed E-state index contributed by atoms with van der Waals surface area (Å²) in [5.74, 6) is 0.609. The van der Waals surface area contributed by atoms with E-state index in [-0.39, 0.29) is 17.8 Å². The molecular weight excluding hydrogens is 359 g/mol. The summed E-state index contributed by atoms with van der Waals surface area (Å²) in [5, 5.41) is 6.94. The van der Waals surface area contributed by atoms with Crippen LogP contribution in [0.2, 0.25) is 0 Å². The third-order valence-electron chi connectivity index (χ3n) is 4.90. The van der Waals surface area contributed by atoms with Crippen molar-refractivity contribution in [1.82, 2.24) is 15.0 Å². The molecule has 1 saturated heterocycles. The van der Waals surface area contributed by atoms with Crippen LogP contribution in [0.4, 0.5) is 14.9 Å². The van der Waals surface area contributed by atoms with Crippen LogP contribution in [0.5, 0.6) is 0 Å². The molecule has 0 aliphatic carbocycles. The van der Waals surface area contributed by atoms with E-state index in [9.17, 15) is 9.18 Å². The molecule has 1 N–H and O–H groups in total. The summed E-state index contributed by atoms with van der Waals surface area (Å²) in [4.78, 5) is 18.8. The molecule has 2 heterocycles. The summed E-state index contributed by atoms with van der Waals surface area (Å²) < 4.78 is 18.5. The zero-order valence-electron chi connectivity index (χ0n) is 15.6. The average molecular weight is 380 g/mol. The third kappa shape index (κ3) is 4.03. The molecule has 0 unspecified atom stereocenters. The molecule has 0 bridgehead atoms. The molecule has 1 aliphatic rings. The van der Waals surface area contributed by atoms with Crippen molar-refractivity contribution in [2.75, 3.05) is 18.4 Å². The number of likely N-dealkylation sites (tertiary alicyclic amines) is 1. The Balaban J connectivity index is 1.43. The Morgan fingerprint density at radius 3 is 2.68 bits per heavy atom. The Kier molecular flexibility index (Phi) is 5.06. The molecule has 4 rings (SSSR count). The van der Waals surface area contributed by atoms with E-state index >= 15 is 0 Å². The van der Waals surface area contributed by atoms with Crippen LogP contribution >= 0.6 is 0 Å². The number of hydrogen-bond donors (Lipinski definition) is 1. The number of aryl methyl sites for hydroxylation is 1. The van der Waals surface area contributed by atoms with Crippen molar-refractivity contribution in [3.05, 3.63) is 65.8 Å². The SMILES string of the molecule is Cc1ccc(NC(=O)N2CCC[C@@H](c3nc(-c4ccc(F)cc4)no3)C2)cc1. The molecule has 1 aromatic heterocycles. The minimum atomic E-state index is -0.310. The summed E-state index contributed by atoms with van der Waals surface area (Å²) in [7, 11) is 0. The molecule has 1 fully saturated rings. The molecule has 2 amide bonds. The van der Waals surface area contributed by atoms with Gasteiger partial charge in [0.15, 0.2) is 0 Å². The number of urea groups is 1. The second kappa shape index (κ2) is 7.80. The lowest BCUT2D eigenvalue weighted by Crippen LogP contribution is -2.41. The number of carbonyl (C=O) groups is 1. The number of nitrogens with one attached hydrogen (secondary N) is 1. The maximum atomic E-state index is 13.1. The average Bonchev–Trinajstić information content (AvgIpc) is 3.21. The van der Waals surface area contributed by atoms with Crippen molar-refractivity contribution in [2.24, 2.45) is 0 Å². The van der Waals surface area contributed by atoms with E-state index in [1.165, 1.54) is 12.1 Å². The summed E-state index contributed by atoms with van der Waals surface area (Å²) in [6.45, 7) is 3.21. The molecule has 1 atom stereocenters. The molecule has 0 saturated carbocycles. The smallest absolute Gasteiger partial charge is 0.321 e. The number of nitrogens with zero attached hydrogens (tertiary/aromatic N) is 3. The molecule has 144 valence electrons. The van der Waals surface area contributed by atoms with Gasteiger partial charge in [0.05, 0.1) is 5.92 Å². The summed E-state index contributed by atoms with van der Waals surface area (Å²) >= 11 is 0. The Bertz CT molecular complexity index is 953. The number of anilines is 1. The lowest BCUT2D eigenvalue weighted by atomic mass is 9.98. The van der Waals surface area contributed by atoms with Gasteiger partial charge < -0.3 is 14.7 Å². The number of rotatable bonds is 3. The summed E-state index contributed by atoms with van der Waals surface area (Å²) in [6, 6.07) is 13.5. The fourth-order valence-corrected chi connectivity index (χ4v) is 3.32. The minimum Gasteiger partial charge on any atom is -0.339 e. The molecular formula is C21H21FN4O2. The highest BCUT2D eigenvalue weighted by atomic mass is 19.1. The molecule has 0 spiro atoms. The van der Waals surface area contributed by atoms with Crippen LogP contribution in [-0.4, -0.2) is 34.2 Å². The number of halogens is 1. The zero-order chi connectivity index (χ0) is 19.5. The third-order valence-corrected chi connectivity index (χ3v) is 4.90. The highest BCUT2D eigenvalue weighted by Gasteiger charge is 2.28. The van der Waals surface area contributed by atoms with Crippen LogP contribution in [0, 0.1) is 12.7 Å². The zero-order valence-corrected chi connectivity index (χ0v) is 15.6. The number of carbonyl (C=O) groups excluding carboxylic acids is 1. The van der Waals surface area contributed by atoms with Crippen LogP contribution in [0.1, 0.15) is 30.2 Å². The van der Waals surface area contributed by atoms with Crippen LogP contribution in [0.25, 0.3) is 11.4 Å². The van der Waals surface area contributed by atoms with E-state index in [4.69, 9.17) is 4.52 Å². The van der Waals surface area contributed by atoms with E-state index < -0.39 is 0 Å². The van der Waals surface area contributed by atoms with Crippen LogP contribution < -0.4 is 5.32 Å². The Hall–Kier alpha value is -3.22. The van der Waals surface area contributed by atoms with Crippen molar-refractivity contribution in [2.45, 2.75) is 25.7 Å². The Morgan fingerprint density at radius 1 is 1.18 bits per heavy atom. The first kappa shape index (κ1) is 18.2. The van der Waals surface area contributed by atoms with Gasteiger partial charge in [-0.25, -0.2) is 9.18 Å². The quantitative estimate of drug-likeness (QED) is 0.721. The first-order chi connectivity index (χ1) is 13.6. The highest BCUT2D eigenvalue weighted by molar-refractivity contribution is 5.89. The van der Waals surface area contributed by atoms with Gasteiger partial charge in [-0.1, -0.05) is 22.9 Å². The lowest BCUT2D eigenvalue weighted by molar-refractivity contribution is 0.184. The lowest BCUT2D eigenvalue weighted by Gasteiger charge is -2.31. The van der Waals surface area contributed by atoms with Crippen molar-refractivity contribution in [3.63, 3.8) is 0 Å². The monoisotopic (exact) mass is 380 g/mol. The topological polar surface area (TPSA) is 71.3 Å². The van der Waals surface area contributed by atoms with Crippen molar-refractivity contribution >= 4 is 11.7 Å². The van der Waals surface area contributed by atoms with Gasteiger partial charge in [0.25, 0.3) is 0 Å². The fourth-order valence-electron chi connectivity index (χ4n) is 3.32. The maximum Gasteiger partial charge on any atom is 0.321 e. The second-order valence-electron chi connectivity index (χ2n) is 7.04. The Labute approximate surface area is 162 Å². The summed E-state index contributed by atoms with van der Waals surface area (Å²) in [6.07, 6.45) is 1.74. The maximum absolute atomic E-state index is 13.1. The number of amides is 2. The highest BCUT2D eigenvalue weighted by Crippen LogP contribution is 2.28. The fraction of sp³-hybridized carbons (Fsp3) is 0.286. The van der Waals surface area contributed by atoms with E-state index in [0.717, 1.165) is 24.1 Å². The van der Waals surface area contributed by atoms with E-state index in [2.05, 4.69) is 15.5 Å². The Morgan fingerprint density at radius 2 is 1.93 bits per heavy atom. The second-order valence-corrected chi connectivity index (χ2v) is 7.04. The van der Waals surface area contributed by atoms with E-state index in [1.54, 1.807) is 17.0 Å². The molecule has 6 nitrogen and oxygen atoms in total. The van der Waals surface area contributed by atoms with Gasteiger partial charge in [0.1, 0.15) is 5.82 Å². The van der Waals surface area contributed by atoms with E-state index in [1.807, 2.05) is 31.2 Å². The number of aromatic nitrogens is 2. The van der Waals surface area contributed by atoms with Gasteiger partial charge in [0.2, 0.25) is 11.7 Å². The van der Waals surface area contributed by atoms with Crippen molar-refractivity contribution in [1.29, 1.82) is 0 Å². The van der Waals surface area contributed by atoms with Gasteiger partial charge in [-0.05, 0) is 56.2 Å². The summed E-state index contributed by atoms with van der Waals surface area (Å²) in [5.41, 5.74) is 2.61. The normalized spacial score (nSPS) is 16.8. The van der Waals surface area contributed by atoms with Crippen LogP contribution in [0.15, 0.2) is 53.1 Å². The number of benzene rings is 2.